The molecule has 0 atom stereocenters. The number of furan rings is 2. The van der Waals surface area contributed by atoms with E-state index in [0.29, 0.717) is 0 Å². The fourth-order valence-corrected chi connectivity index (χ4v) is 8.06. The van der Waals surface area contributed by atoms with Gasteiger partial charge in [-0.15, -0.1) is 0 Å². The molecular formula is C46H28N2O2. The van der Waals surface area contributed by atoms with Crippen LogP contribution in [0.3, 0.4) is 0 Å². The van der Waals surface area contributed by atoms with Crippen LogP contribution in [0.25, 0.3) is 82.1 Å². The minimum atomic E-state index is 0.858. The van der Waals surface area contributed by atoms with Crippen molar-refractivity contribution in [2.75, 3.05) is 4.90 Å². The van der Waals surface area contributed by atoms with Crippen LogP contribution in [0.5, 0.6) is 0 Å². The van der Waals surface area contributed by atoms with Crippen LogP contribution in [0.2, 0.25) is 0 Å². The maximum Gasteiger partial charge on any atom is 0.137 e. The zero-order valence-corrected chi connectivity index (χ0v) is 26.9. The quantitative estimate of drug-likeness (QED) is 0.192. The molecule has 4 nitrogen and oxygen atoms in total. The molecule has 0 bridgehead atoms. The first kappa shape index (κ1) is 27.2. The van der Waals surface area contributed by atoms with Crippen LogP contribution in [0.15, 0.2) is 179 Å². The summed E-state index contributed by atoms with van der Waals surface area (Å²) in [5, 5.41) is 9.17. The molecular weight excluding hydrogens is 613 g/mol. The molecule has 0 aliphatic heterocycles. The van der Waals surface area contributed by atoms with E-state index in [4.69, 9.17) is 8.83 Å². The van der Waals surface area contributed by atoms with Gasteiger partial charge < -0.3 is 18.3 Å². The van der Waals surface area contributed by atoms with Gasteiger partial charge in [0.25, 0.3) is 0 Å². The molecule has 8 aromatic carbocycles. The Labute approximate surface area is 286 Å². The molecule has 0 fully saturated rings. The van der Waals surface area contributed by atoms with Gasteiger partial charge in [-0.1, -0.05) is 103 Å². The number of hydrogen-bond acceptors (Lipinski definition) is 3. The first-order chi connectivity index (χ1) is 24.8. The lowest BCUT2D eigenvalue weighted by Gasteiger charge is -2.28. The van der Waals surface area contributed by atoms with Gasteiger partial charge in [-0.3, -0.25) is 0 Å². The molecule has 0 N–H and O–H groups in total. The average molecular weight is 641 g/mol. The van der Waals surface area contributed by atoms with E-state index in [2.05, 4.69) is 155 Å². The topological polar surface area (TPSA) is 34.5 Å². The summed E-state index contributed by atoms with van der Waals surface area (Å²) in [6.45, 7) is 0. The molecule has 0 saturated carbocycles. The third-order valence-corrected chi connectivity index (χ3v) is 10.1. The van der Waals surface area contributed by atoms with Crippen molar-refractivity contribution < 1.29 is 8.83 Å². The van der Waals surface area contributed by atoms with Gasteiger partial charge in [-0.05, 0) is 77.5 Å². The highest BCUT2D eigenvalue weighted by atomic mass is 16.3. The fourth-order valence-electron chi connectivity index (χ4n) is 8.06. The van der Waals surface area contributed by atoms with Gasteiger partial charge in [0.2, 0.25) is 0 Å². The molecule has 0 amide bonds. The van der Waals surface area contributed by atoms with E-state index in [9.17, 15) is 0 Å². The summed E-state index contributed by atoms with van der Waals surface area (Å²) in [6, 6.07) is 60.1. The highest BCUT2D eigenvalue weighted by Gasteiger charge is 2.24. The number of aromatic nitrogens is 1. The summed E-state index contributed by atoms with van der Waals surface area (Å²) in [5.74, 6) is 0. The van der Waals surface area contributed by atoms with Gasteiger partial charge in [0.15, 0.2) is 0 Å². The van der Waals surface area contributed by atoms with Crippen LogP contribution >= 0.6 is 0 Å². The Hall–Kier alpha value is -6.78. The van der Waals surface area contributed by atoms with Crippen molar-refractivity contribution >= 4 is 93.5 Å². The van der Waals surface area contributed by atoms with Crippen molar-refractivity contribution in [3.05, 3.63) is 170 Å². The lowest BCUT2D eigenvalue weighted by Crippen LogP contribution is -2.12. The van der Waals surface area contributed by atoms with Gasteiger partial charge in [-0.2, -0.15) is 0 Å². The van der Waals surface area contributed by atoms with Crippen molar-refractivity contribution in [1.29, 1.82) is 0 Å². The minimum absolute atomic E-state index is 0.858. The number of rotatable bonds is 4. The monoisotopic (exact) mass is 640 g/mol. The minimum Gasteiger partial charge on any atom is -0.456 e. The first-order valence-electron chi connectivity index (χ1n) is 16.9. The molecule has 3 aromatic heterocycles. The third kappa shape index (κ3) is 3.81. The number of fused-ring (bicyclic) bond motifs is 11. The Morgan fingerprint density at radius 1 is 0.400 bits per heavy atom. The highest BCUT2D eigenvalue weighted by Crippen LogP contribution is 2.48. The molecule has 0 aliphatic carbocycles. The highest BCUT2D eigenvalue weighted by molar-refractivity contribution is 6.21. The van der Waals surface area contributed by atoms with E-state index in [-0.39, 0.29) is 0 Å². The number of benzene rings is 8. The van der Waals surface area contributed by atoms with Crippen molar-refractivity contribution in [3.8, 4) is 5.69 Å². The van der Waals surface area contributed by atoms with Crippen LogP contribution in [-0.4, -0.2) is 4.57 Å². The Morgan fingerprint density at radius 3 is 1.84 bits per heavy atom. The van der Waals surface area contributed by atoms with E-state index in [1.807, 2.05) is 24.3 Å². The van der Waals surface area contributed by atoms with E-state index in [0.717, 1.165) is 77.5 Å². The molecule has 11 rings (SSSR count). The molecule has 50 heavy (non-hydrogen) atoms. The third-order valence-electron chi connectivity index (χ3n) is 10.1. The summed E-state index contributed by atoms with van der Waals surface area (Å²) < 4.78 is 15.1. The number of nitrogens with zero attached hydrogens (tertiary/aromatic N) is 2. The zero-order valence-electron chi connectivity index (χ0n) is 26.9. The molecule has 0 radical (unpaired) electrons. The van der Waals surface area contributed by atoms with Crippen LogP contribution in [0.4, 0.5) is 17.1 Å². The maximum atomic E-state index is 6.45. The average Bonchev–Trinajstić information content (AvgIpc) is 3.86. The summed E-state index contributed by atoms with van der Waals surface area (Å²) in [4.78, 5) is 2.42. The van der Waals surface area contributed by atoms with E-state index < -0.39 is 0 Å². The molecule has 0 unspecified atom stereocenters. The second-order valence-corrected chi connectivity index (χ2v) is 12.9. The molecule has 4 heteroatoms. The Morgan fingerprint density at radius 2 is 1.02 bits per heavy atom. The standard InChI is InChI=1S/C46H28N2O2/c1-2-12-30(13-3-1)48-37-18-7-4-14-33(37)34-17-10-20-39(46(34)48)47(38-19-11-23-42-45(38)36-16-6-9-22-41(36)49-42)31-25-26-32-29(28-31)24-27-43-44(32)35-15-5-8-21-40(35)50-43/h1-28H. The van der Waals surface area contributed by atoms with Crippen LogP contribution in [-0.2, 0) is 0 Å². The second-order valence-electron chi connectivity index (χ2n) is 12.9. The van der Waals surface area contributed by atoms with Crippen LogP contribution < -0.4 is 4.90 Å². The Kier molecular flexibility index (Phi) is 5.63. The van der Waals surface area contributed by atoms with E-state index >= 15 is 0 Å². The van der Waals surface area contributed by atoms with Gasteiger partial charge >= 0.3 is 0 Å². The predicted octanol–water partition coefficient (Wildman–Crippen LogP) is 13.2. The van der Waals surface area contributed by atoms with Gasteiger partial charge in [0, 0.05) is 38.3 Å². The van der Waals surface area contributed by atoms with Gasteiger partial charge in [0.1, 0.15) is 22.3 Å². The zero-order chi connectivity index (χ0) is 32.8. The SMILES string of the molecule is c1ccc(-n2c3ccccc3c3cccc(N(c4ccc5c(ccc6oc7ccccc7c65)c4)c4cccc5oc6ccccc6c45)c32)cc1. The lowest BCUT2D eigenvalue weighted by atomic mass is 10.0. The first-order valence-corrected chi connectivity index (χ1v) is 16.9. The van der Waals surface area contributed by atoms with E-state index in [1.54, 1.807) is 0 Å². The maximum absolute atomic E-state index is 6.45. The van der Waals surface area contributed by atoms with Gasteiger partial charge in [0.05, 0.1) is 27.8 Å². The summed E-state index contributed by atoms with van der Waals surface area (Å²) in [6.07, 6.45) is 0. The molecule has 234 valence electrons. The molecule has 0 aliphatic rings. The predicted molar refractivity (Wildman–Crippen MR) is 208 cm³/mol. The molecule has 3 heterocycles. The van der Waals surface area contributed by atoms with Crippen LogP contribution in [0.1, 0.15) is 0 Å². The number of hydrogen-bond donors (Lipinski definition) is 0. The summed E-state index contributed by atoms with van der Waals surface area (Å²) in [5.41, 5.74) is 10.1. The summed E-state index contributed by atoms with van der Waals surface area (Å²) in [7, 11) is 0. The van der Waals surface area contributed by atoms with Crippen molar-refractivity contribution in [1.82, 2.24) is 4.57 Å². The van der Waals surface area contributed by atoms with Crippen LogP contribution in [0, 0.1) is 0 Å². The number of anilines is 3. The van der Waals surface area contributed by atoms with Crippen molar-refractivity contribution in [3.63, 3.8) is 0 Å². The second kappa shape index (κ2) is 10.4. The van der Waals surface area contributed by atoms with Gasteiger partial charge in [-0.25, -0.2) is 0 Å². The molecule has 0 saturated heterocycles. The van der Waals surface area contributed by atoms with Crippen molar-refractivity contribution in [2.24, 2.45) is 0 Å². The normalized spacial score (nSPS) is 12.0. The smallest absolute Gasteiger partial charge is 0.137 e. The Balaban J connectivity index is 1.27. The van der Waals surface area contributed by atoms with Crippen molar-refractivity contribution in [2.45, 2.75) is 0 Å². The molecule has 0 spiro atoms. The molecule has 11 aromatic rings. The number of para-hydroxylation sites is 5. The largest absolute Gasteiger partial charge is 0.456 e. The Bertz CT molecular complexity index is 3110. The van der Waals surface area contributed by atoms with E-state index in [1.165, 1.54) is 21.7 Å². The lowest BCUT2D eigenvalue weighted by molar-refractivity contribution is 0.668. The summed E-state index contributed by atoms with van der Waals surface area (Å²) >= 11 is 0. The fraction of sp³-hybridized carbons (Fsp3) is 0.